The van der Waals surface area contributed by atoms with Gasteiger partial charge in [0.15, 0.2) is 0 Å². The fourth-order valence-corrected chi connectivity index (χ4v) is 6.21. The van der Waals surface area contributed by atoms with Crippen LogP contribution in [0.5, 0.6) is 0 Å². The van der Waals surface area contributed by atoms with Gasteiger partial charge >= 0.3 is 0 Å². The molecule has 0 unspecified atom stereocenters. The highest BCUT2D eigenvalue weighted by Crippen LogP contribution is 2.56. The molecule has 130 valence electrons. The number of hydrogen-bond donors (Lipinski definition) is 0. The van der Waals surface area contributed by atoms with Gasteiger partial charge in [-0.2, -0.15) is 9.57 Å². The summed E-state index contributed by atoms with van der Waals surface area (Å²) in [7, 11) is -3.59. The fraction of sp³-hybridized carbons (Fsp3) is 0.611. The van der Waals surface area contributed by atoms with E-state index in [4.69, 9.17) is 11.6 Å². The van der Waals surface area contributed by atoms with Crippen LogP contribution in [0, 0.1) is 16.7 Å². The number of piperidine rings is 1. The van der Waals surface area contributed by atoms with Gasteiger partial charge in [-0.3, -0.25) is 0 Å². The van der Waals surface area contributed by atoms with Crippen molar-refractivity contribution in [2.45, 2.75) is 68.8 Å². The Kier molecular flexibility index (Phi) is 4.92. The number of rotatable bonds is 5. The summed E-state index contributed by atoms with van der Waals surface area (Å²) in [6.07, 6.45) is 5.92. The lowest BCUT2D eigenvalue weighted by molar-refractivity contribution is 0.117. The molecule has 1 heterocycles. The highest BCUT2D eigenvalue weighted by molar-refractivity contribution is 7.89. The van der Waals surface area contributed by atoms with Gasteiger partial charge in [-0.1, -0.05) is 24.9 Å². The minimum absolute atomic E-state index is 0.0144. The number of sulfonamides is 1. The summed E-state index contributed by atoms with van der Waals surface area (Å²) < 4.78 is 28.5. The molecule has 2 atom stereocenters. The van der Waals surface area contributed by atoms with Crippen LogP contribution in [0.2, 0.25) is 5.02 Å². The van der Waals surface area contributed by atoms with Crippen LogP contribution in [-0.4, -0.2) is 24.8 Å². The quantitative estimate of drug-likeness (QED) is 0.777. The number of nitrogens with zero attached hydrogens (tertiary/aromatic N) is 2. The Balaban J connectivity index is 2.02. The zero-order chi connectivity index (χ0) is 17.4. The number of nitriles is 1. The van der Waals surface area contributed by atoms with Crippen LogP contribution in [0.4, 0.5) is 0 Å². The van der Waals surface area contributed by atoms with E-state index < -0.39 is 10.0 Å². The highest BCUT2D eigenvalue weighted by Gasteiger charge is 2.55. The van der Waals surface area contributed by atoms with Crippen molar-refractivity contribution in [3.8, 4) is 6.07 Å². The standard InChI is InChI=1S/C18H23ClN2O2S/c1-2-15-4-3-5-17(18(10-11-18)12-13-20)21(15)24(22,23)16-8-6-14(19)7-9-16/h6-9,15,17H,2-5,10-12H2,1H3/t15-,17-/m0/s1. The van der Waals surface area contributed by atoms with Crippen LogP contribution in [0.1, 0.15) is 51.9 Å². The fourth-order valence-electron chi connectivity index (χ4n) is 4.05. The summed E-state index contributed by atoms with van der Waals surface area (Å²) in [6, 6.07) is 8.65. The van der Waals surface area contributed by atoms with E-state index in [0.29, 0.717) is 16.3 Å². The van der Waals surface area contributed by atoms with Crippen LogP contribution in [0.3, 0.4) is 0 Å². The molecule has 0 spiro atoms. The minimum Gasteiger partial charge on any atom is -0.207 e. The number of halogens is 1. The normalized spacial score (nSPS) is 26.7. The Labute approximate surface area is 149 Å². The van der Waals surface area contributed by atoms with Gasteiger partial charge in [0.2, 0.25) is 10.0 Å². The Morgan fingerprint density at radius 3 is 2.50 bits per heavy atom. The van der Waals surface area contributed by atoms with Crippen molar-refractivity contribution >= 4 is 21.6 Å². The minimum atomic E-state index is -3.59. The zero-order valence-corrected chi connectivity index (χ0v) is 15.5. The SMILES string of the molecule is CC[C@H]1CCC[C@@H](C2(CC#N)CC2)N1S(=O)(=O)c1ccc(Cl)cc1. The smallest absolute Gasteiger partial charge is 0.207 e. The molecule has 2 aliphatic rings. The Hall–Kier alpha value is -1.09. The Morgan fingerprint density at radius 2 is 1.96 bits per heavy atom. The van der Waals surface area contributed by atoms with Gasteiger partial charge in [-0.05, 0) is 56.4 Å². The molecule has 1 saturated heterocycles. The van der Waals surface area contributed by atoms with Gasteiger partial charge in [0.05, 0.1) is 11.0 Å². The molecule has 1 saturated carbocycles. The van der Waals surface area contributed by atoms with Gasteiger partial charge in [-0.25, -0.2) is 8.42 Å². The first-order chi connectivity index (χ1) is 11.4. The molecule has 0 amide bonds. The van der Waals surface area contributed by atoms with Crippen molar-refractivity contribution in [3.05, 3.63) is 29.3 Å². The molecule has 2 fully saturated rings. The van der Waals surface area contributed by atoms with Crippen LogP contribution in [-0.2, 0) is 10.0 Å². The van der Waals surface area contributed by atoms with Crippen molar-refractivity contribution in [1.29, 1.82) is 5.26 Å². The third-order valence-corrected chi connectivity index (χ3v) is 7.80. The summed E-state index contributed by atoms with van der Waals surface area (Å²) in [6.45, 7) is 2.04. The Bertz CT molecular complexity index is 735. The van der Waals surface area contributed by atoms with Gasteiger partial charge in [0, 0.05) is 28.9 Å². The average molecular weight is 367 g/mol. The van der Waals surface area contributed by atoms with E-state index in [9.17, 15) is 13.7 Å². The van der Waals surface area contributed by atoms with E-state index in [0.717, 1.165) is 38.5 Å². The maximum absolute atomic E-state index is 13.4. The van der Waals surface area contributed by atoms with E-state index in [1.165, 1.54) is 0 Å². The van der Waals surface area contributed by atoms with Crippen molar-refractivity contribution in [1.82, 2.24) is 4.31 Å². The summed E-state index contributed by atoms with van der Waals surface area (Å²) in [5.74, 6) is 0. The molecular formula is C18H23ClN2O2S. The largest absolute Gasteiger partial charge is 0.243 e. The summed E-state index contributed by atoms with van der Waals surface area (Å²) >= 11 is 5.91. The van der Waals surface area contributed by atoms with E-state index >= 15 is 0 Å². The zero-order valence-electron chi connectivity index (χ0n) is 13.9. The lowest BCUT2D eigenvalue weighted by Gasteiger charge is -2.44. The monoisotopic (exact) mass is 366 g/mol. The maximum Gasteiger partial charge on any atom is 0.243 e. The van der Waals surface area contributed by atoms with Gasteiger partial charge in [0.25, 0.3) is 0 Å². The first-order valence-electron chi connectivity index (χ1n) is 8.61. The third kappa shape index (κ3) is 3.08. The lowest BCUT2D eigenvalue weighted by Crippen LogP contribution is -2.53. The number of benzene rings is 1. The molecule has 1 aromatic rings. The second-order valence-electron chi connectivity index (χ2n) is 6.99. The molecule has 0 aromatic heterocycles. The van der Waals surface area contributed by atoms with Crippen LogP contribution < -0.4 is 0 Å². The van der Waals surface area contributed by atoms with Crippen LogP contribution >= 0.6 is 11.6 Å². The van der Waals surface area contributed by atoms with Crippen molar-refractivity contribution in [3.63, 3.8) is 0 Å². The van der Waals surface area contributed by atoms with E-state index in [-0.39, 0.29) is 17.5 Å². The molecule has 4 nitrogen and oxygen atoms in total. The molecule has 3 rings (SSSR count). The molecule has 1 aliphatic carbocycles. The molecule has 0 bridgehead atoms. The van der Waals surface area contributed by atoms with Crippen LogP contribution in [0.25, 0.3) is 0 Å². The predicted octanol–water partition coefficient (Wildman–Crippen LogP) is 4.36. The van der Waals surface area contributed by atoms with Crippen molar-refractivity contribution in [2.75, 3.05) is 0 Å². The van der Waals surface area contributed by atoms with Crippen LogP contribution in [0.15, 0.2) is 29.2 Å². The lowest BCUT2D eigenvalue weighted by atomic mass is 9.84. The topological polar surface area (TPSA) is 61.2 Å². The van der Waals surface area contributed by atoms with E-state index in [2.05, 4.69) is 6.07 Å². The first-order valence-corrected chi connectivity index (χ1v) is 10.4. The van der Waals surface area contributed by atoms with Gasteiger partial charge < -0.3 is 0 Å². The Morgan fingerprint density at radius 1 is 1.29 bits per heavy atom. The molecule has 0 N–H and O–H groups in total. The van der Waals surface area contributed by atoms with Crippen molar-refractivity contribution < 1.29 is 8.42 Å². The third-order valence-electron chi connectivity index (χ3n) is 5.57. The maximum atomic E-state index is 13.4. The average Bonchev–Trinajstić information content (AvgIpc) is 3.35. The van der Waals surface area contributed by atoms with E-state index in [1.54, 1.807) is 28.6 Å². The number of hydrogen-bond acceptors (Lipinski definition) is 3. The van der Waals surface area contributed by atoms with Crippen molar-refractivity contribution in [2.24, 2.45) is 5.41 Å². The van der Waals surface area contributed by atoms with Gasteiger partial charge in [-0.15, -0.1) is 0 Å². The molecule has 0 radical (unpaired) electrons. The second kappa shape index (κ2) is 6.67. The van der Waals surface area contributed by atoms with Gasteiger partial charge in [0.1, 0.15) is 0 Å². The highest BCUT2D eigenvalue weighted by atomic mass is 35.5. The molecular weight excluding hydrogens is 344 g/mol. The predicted molar refractivity (Wildman–Crippen MR) is 94.1 cm³/mol. The molecule has 1 aliphatic heterocycles. The second-order valence-corrected chi connectivity index (χ2v) is 9.27. The molecule has 1 aromatic carbocycles. The summed E-state index contributed by atoms with van der Waals surface area (Å²) in [5.41, 5.74) is -0.137. The van der Waals surface area contributed by atoms with E-state index in [1.807, 2.05) is 6.92 Å². The molecule has 6 heteroatoms. The molecule has 24 heavy (non-hydrogen) atoms. The first kappa shape index (κ1) is 17.7. The summed E-state index contributed by atoms with van der Waals surface area (Å²) in [4.78, 5) is 0.296. The summed E-state index contributed by atoms with van der Waals surface area (Å²) in [5, 5.41) is 9.73.